The van der Waals surface area contributed by atoms with Gasteiger partial charge in [-0.2, -0.15) is 4.98 Å². The Bertz CT molecular complexity index is 1050. The maximum absolute atomic E-state index is 13.0. The van der Waals surface area contributed by atoms with Gasteiger partial charge in [0, 0.05) is 11.4 Å². The number of hydrogen-bond acceptors (Lipinski definition) is 5. The normalized spacial score (nSPS) is 11.7. The fourth-order valence-electron chi connectivity index (χ4n) is 2.65. The van der Waals surface area contributed by atoms with Gasteiger partial charge in [-0.15, -0.1) is 0 Å². The van der Waals surface area contributed by atoms with Gasteiger partial charge in [-0.25, -0.2) is 8.42 Å². The highest BCUT2D eigenvalue weighted by atomic mass is 35.5. The van der Waals surface area contributed by atoms with Crippen molar-refractivity contribution < 1.29 is 12.9 Å². The molecule has 0 bridgehead atoms. The molecular formula is C16H17ClN4O3S. The van der Waals surface area contributed by atoms with E-state index in [2.05, 4.69) is 19.8 Å². The van der Waals surface area contributed by atoms with Crippen LogP contribution in [-0.4, -0.2) is 23.5 Å². The lowest BCUT2D eigenvalue weighted by Gasteiger charge is -2.11. The van der Waals surface area contributed by atoms with E-state index in [-0.39, 0.29) is 10.8 Å². The molecular weight excluding hydrogens is 364 g/mol. The van der Waals surface area contributed by atoms with Crippen molar-refractivity contribution in [2.75, 3.05) is 4.72 Å². The van der Waals surface area contributed by atoms with Crippen LogP contribution in [0.3, 0.4) is 0 Å². The number of halogens is 1. The van der Waals surface area contributed by atoms with Gasteiger partial charge in [0.25, 0.3) is 15.9 Å². The van der Waals surface area contributed by atoms with E-state index in [4.69, 9.17) is 16.1 Å². The topological polar surface area (TPSA) is 101 Å². The van der Waals surface area contributed by atoms with Crippen molar-refractivity contribution in [2.45, 2.75) is 32.6 Å². The summed E-state index contributed by atoms with van der Waals surface area (Å²) in [4.78, 5) is 7.23. The number of aromatic amines is 1. The minimum atomic E-state index is -3.92. The zero-order chi connectivity index (χ0) is 18.4. The summed E-state index contributed by atoms with van der Waals surface area (Å²) in [5, 5.41) is 4.06. The predicted molar refractivity (Wildman–Crippen MR) is 95.3 cm³/mol. The Kier molecular flexibility index (Phi) is 4.34. The van der Waals surface area contributed by atoms with Crippen molar-refractivity contribution in [3.05, 3.63) is 46.0 Å². The summed E-state index contributed by atoms with van der Waals surface area (Å²) < 4.78 is 33.7. The molecule has 0 spiro atoms. The van der Waals surface area contributed by atoms with E-state index in [0.717, 1.165) is 5.56 Å². The van der Waals surface area contributed by atoms with Crippen molar-refractivity contribution in [2.24, 2.45) is 0 Å². The second kappa shape index (κ2) is 6.20. The van der Waals surface area contributed by atoms with Gasteiger partial charge in [0.1, 0.15) is 4.90 Å². The monoisotopic (exact) mass is 380 g/mol. The number of aryl methyl sites for hydroxylation is 4. The SMILES string of the molecule is Cc1ccc(NS(=O)(=O)c2c(C)[nH]c(C)c2-c2nc(C)no2)c(Cl)c1. The number of aromatic nitrogens is 3. The fourth-order valence-corrected chi connectivity index (χ4v) is 4.52. The molecule has 0 aliphatic rings. The van der Waals surface area contributed by atoms with Gasteiger partial charge in [-0.3, -0.25) is 4.72 Å². The van der Waals surface area contributed by atoms with Crippen LogP contribution < -0.4 is 4.72 Å². The van der Waals surface area contributed by atoms with Crippen molar-refractivity contribution in [3.8, 4) is 11.5 Å². The van der Waals surface area contributed by atoms with Crippen LogP contribution in [0, 0.1) is 27.7 Å². The van der Waals surface area contributed by atoms with E-state index in [1.807, 2.05) is 6.92 Å². The number of nitrogens with zero attached hydrogens (tertiary/aromatic N) is 2. The molecule has 9 heteroatoms. The third-order valence-electron chi connectivity index (χ3n) is 3.70. The molecule has 2 heterocycles. The fraction of sp³-hybridized carbons (Fsp3) is 0.250. The summed E-state index contributed by atoms with van der Waals surface area (Å²) in [6.45, 7) is 6.96. The lowest BCUT2D eigenvalue weighted by molar-refractivity contribution is 0.424. The molecule has 1 aromatic carbocycles. The number of hydrogen-bond donors (Lipinski definition) is 2. The molecule has 0 aliphatic heterocycles. The van der Waals surface area contributed by atoms with E-state index in [0.29, 0.717) is 33.5 Å². The van der Waals surface area contributed by atoms with Crippen molar-refractivity contribution in [1.82, 2.24) is 15.1 Å². The second-order valence-corrected chi connectivity index (χ2v) is 7.84. The summed E-state index contributed by atoms with van der Waals surface area (Å²) in [7, 11) is -3.92. The number of rotatable bonds is 4. The molecule has 0 aliphatic carbocycles. The average molecular weight is 381 g/mol. The van der Waals surface area contributed by atoms with Gasteiger partial charge in [0.2, 0.25) is 0 Å². The Hall–Kier alpha value is -2.32. The minimum Gasteiger partial charge on any atom is -0.361 e. The summed E-state index contributed by atoms with van der Waals surface area (Å²) >= 11 is 6.15. The van der Waals surface area contributed by atoms with Crippen molar-refractivity contribution in [1.29, 1.82) is 0 Å². The summed E-state index contributed by atoms with van der Waals surface area (Å²) in [5.41, 5.74) is 2.69. The summed E-state index contributed by atoms with van der Waals surface area (Å²) in [6, 6.07) is 5.10. The molecule has 0 fully saturated rings. The zero-order valence-electron chi connectivity index (χ0n) is 14.1. The quantitative estimate of drug-likeness (QED) is 0.717. The maximum atomic E-state index is 13.0. The first-order chi connectivity index (χ1) is 11.7. The lowest BCUT2D eigenvalue weighted by Crippen LogP contribution is -2.15. The first-order valence-electron chi connectivity index (χ1n) is 7.48. The van der Waals surface area contributed by atoms with E-state index >= 15 is 0 Å². The van der Waals surface area contributed by atoms with Crippen molar-refractivity contribution >= 4 is 27.3 Å². The van der Waals surface area contributed by atoms with Gasteiger partial charge < -0.3 is 9.51 Å². The van der Waals surface area contributed by atoms with Gasteiger partial charge in [0.05, 0.1) is 16.3 Å². The summed E-state index contributed by atoms with van der Waals surface area (Å²) in [6.07, 6.45) is 0. The number of H-pyrrole nitrogens is 1. The van der Waals surface area contributed by atoms with Crippen LogP contribution in [0.4, 0.5) is 5.69 Å². The van der Waals surface area contributed by atoms with Gasteiger partial charge in [-0.1, -0.05) is 22.8 Å². The van der Waals surface area contributed by atoms with Crippen LogP contribution in [0.2, 0.25) is 5.02 Å². The molecule has 25 heavy (non-hydrogen) atoms. The Morgan fingerprint density at radius 3 is 2.48 bits per heavy atom. The third kappa shape index (κ3) is 3.27. The van der Waals surface area contributed by atoms with Crippen molar-refractivity contribution in [3.63, 3.8) is 0 Å². The molecule has 0 radical (unpaired) electrons. The molecule has 0 atom stereocenters. The zero-order valence-corrected chi connectivity index (χ0v) is 15.7. The van der Waals surface area contributed by atoms with Crippen LogP contribution in [0.15, 0.2) is 27.6 Å². The van der Waals surface area contributed by atoms with Crippen LogP contribution in [-0.2, 0) is 10.0 Å². The standard InChI is InChI=1S/C16H17ClN4O3S/c1-8-5-6-13(12(17)7-8)21-25(22,23)15-10(3)18-9(2)14(15)16-19-11(4)20-24-16/h5-7,18,21H,1-4H3. The molecule has 0 saturated heterocycles. The number of anilines is 1. The smallest absolute Gasteiger partial charge is 0.264 e. The Balaban J connectivity index is 2.12. The first kappa shape index (κ1) is 17.5. The Morgan fingerprint density at radius 1 is 1.16 bits per heavy atom. The van der Waals surface area contributed by atoms with Crippen LogP contribution >= 0.6 is 11.6 Å². The van der Waals surface area contributed by atoms with Crippen LogP contribution in [0.25, 0.3) is 11.5 Å². The van der Waals surface area contributed by atoms with E-state index in [1.165, 1.54) is 0 Å². The van der Waals surface area contributed by atoms with E-state index in [9.17, 15) is 8.42 Å². The molecule has 0 amide bonds. The van der Waals surface area contributed by atoms with Gasteiger partial charge in [0.15, 0.2) is 5.82 Å². The van der Waals surface area contributed by atoms with Crippen LogP contribution in [0.5, 0.6) is 0 Å². The van der Waals surface area contributed by atoms with Gasteiger partial charge in [-0.05, 0) is 45.4 Å². The van der Waals surface area contributed by atoms with E-state index < -0.39 is 10.0 Å². The third-order valence-corrected chi connectivity index (χ3v) is 5.55. The average Bonchev–Trinajstić information content (AvgIpc) is 3.05. The Labute approximate surface area is 150 Å². The minimum absolute atomic E-state index is 0.0605. The molecule has 7 nitrogen and oxygen atoms in total. The lowest BCUT2D eigenvalue weighted by atomic mass is 10.2. The highest BCUT2D eigenvalue weighted by Gasteiger charge is 2.29. The maximum Gasteiger partial charge on any atom is 0.264 e. The number of sulfonamides is 1. The van der Waals surface area contributed by atoms with Crippen LogP contribution in [0.1, 0.15) is 22.8 Å². The highest BCUT2D eigenvalue weighted by Crippen LogP contribution is 2.34. The number of nitrogens with one attached hydrogen (secondary N) is 2. The number of benzene rings is 1. The van der Waals surface area contributed by atoms with E-state index in [1.54, 1.807) is 39.0 Å². The molecule has 2 aromatic heterocycles. The molecule has 132 valence electrons. The molecule has 0 saturated carbocycles. The largest absolute Gasteiger partial charge is 0.361 e. The molecule has 2 N–H and O–H groups in total. The first-order valence-corrected chi connectivity index (χ1v) is 9.34. The molecule has 0 unspecified atom stereocenters. The Morgan fingerprint density at radius 2 is 1.88 bits per heavy atom. The molecule has 3 aromatic rings. The molecule has 3 rings (SSSR count). The highest BCUT2D eigenvalue weighted by molar-refractivity contribution is 7.93. The summed E-state index contributed by atoms with van der Waals surface area (Å²) in [5.74, 6) is 0.570. The second-order valence-electron chi connectivity index (χ2n) is 5.81. The predicted octanol–water partition coefficient (Wildman–Crippen LogP) is 3.75. The van der Waals surface area contributed by atoms with Gasteiger partial charge >= 0.3 is 0 Å².